The second-order valence-corrected chi connectivity index (χ2v) is 7.12. The molecule has 0 aliphatic carbocycles. The van der Waals surface area contributed by atoms with Crippen LogP contribution in [-0.4, -0.2) is 19.6 Å². The number of rotatable bonds is 8. The molecule has 1 aromatic carbocycles. The Morgan fingerprint density at radius 2 is 1.88 bits per heavy atom. The van der Waals surface area contributed by atoms with Gasteiger partial charge in [0.05, 0.1) is 9.82 Å². The number of nitro groups is 1. The molecule has 8 heteroatoms. The van der Waals surface area contributed by atoms with Crippen molar-refractivity contribution in [2.24, 2.45) is 5.10 Å². The highest BCUT2D eigenvalue weighted by Gasteiger charge is 2.14. The van der Waals surface area contributed by atoms with Crippen LogP contribution in [0.4, 0.5) is 5.69 Å². The summed E-state index contributed by atoms with van der Waals surface area (Å²) in [7, 11) is -3.84. The molecule has 0 bridgehead atoms. The molecule has 0 spiro atoms. The summed E-state index contributed by atoms with van der Waals surface area (Å²) in [5, 5.41) is 14.2. The molecule has 0 atom stereocenters. The van der Waals surface area contributed by atoms with Crippen LogP contribution >= 0.6 is 0 Å². The van der Waals surface area contributed by atoms with Gasteiger partial charge in [-0.2, -0.15) is 13.5 Å². The fourth-order valence-electron chi connectivity index (χ4n) is 1.74. The average molecular weight is 351 g/mol. The first-order valence-corrected chi connectivity index (χ1v) is 8.79. The maximum absolute atomic E-state index is 12.0. The monoisotopic (exact) mass is 351 g/mol. The maximum atomic E-state index is 12.0. The van der Waals surface area contributed by atoms with Crippen LogP contribution in [0.15, 0.2) is 57.6 Å². The summed E-state index contributed by atoms with van der Waals surface area (Å²) in [6.07, 6.45) is 7.03. The second kappa shape index (κ2) is 8.97. The van der Waals surface area contributed by atoms with E-state index in [1.54, 1.807) is 6.08 Å². The minimum atomic E-state index is -3.84. The summed E-state index contributed by atoms with van der Waals surface area (Å²) >= 11 is 0. The van der Waals surface area contributed by atoms with Gasteiger partial charge in [-0.3, -0.25) is 10.1 Å². The minimum absolute atomic E-state index is 0.0884. The molecule has 0 amide bonds. The van der Waals surface area contributed by atoms with E-state index in [0.29, 0.717) is 0 Å². The lowest BCUT2D eigenvalue weighted by Crippen LogP contribution is -2.18. The topological polar surface area (TPSA) is 102 Å². The summed E-state index contributed by atoms with van der Waals surface area (Å²) in [5.41, 5.74) is 2.16. The molecular weight excluding hydrogens is 330 g/mol. The van der Waals surface area contributed by atoms with Gasteiger partial charge >= 0.3 is 0 Å². The molecule has 7 nitrogen and oxygen atoms in total. The first-order chi connectivity index (χ1) is 11.2. The van der Waals surface area contributed by atoms with Crippen molar-refractivity contribution in [1.82, 2.24) is 4.83 Å². The van der Waals surface area contributed by atoms with Crippen molar-refractivity contribution in [3.8, 4) is 0 Å². The van der Waals surface area contributed by atoms with Crippen LogP contribution in [0, 0.1) is 10.1 Å². The van der Waals surface area contributed by atoms with Crippen LogP contribution in [-0.2, 0) is 10.0 Å². The average Bonchev–Trinajstić information content (AvgIpc) is 2.51. The highest BCUT2D eigenvalue weighted by Crippen LogP contribution is 2.15. The number of benzene rings is 1. The number of nitro benzene ring substituents is 1. The zero-order valence-corrected chi connectivity index (χ0v) is 14.7. The van der Waals surface area contributed by atoms with Gasteiger partial charge in [-0.05, 0) is 51.8 Å². The van der Waals surface area contributed by atoms with Crippen molar-refractivity contribution < 1.29 is 13.3 Å². The van der Waals surface area contributed by atoms with Crippen LogP contribution in [0.25, 0.3) is 0 Å². The Morgan fingerprint density at radius 1 is 1.25 bits per heavy atom. The highest BCUT2D eigenvalue weighted by atomic mass is 32.2. The maximum Gasteiger partial charge on any atom is 0.276 e. The summed E-state index contributed by atoms with van der Waals surface area (Å²) < 4.78 is 24.0. The van der Waals surface area contributed by atoms with Gasteiger partial charge in [0.2, 0.25) is 0 Å². The van der Waals surface area contributed by atoms with Crippen molar-refractivity contribution in [3.05, 3.63) is 57.7 Å². The quantitative estimate of drug-likeness (QED) is 0.335. The number of hydrogen-bond donors (Lipinski definition) is 1. The third-order valence-electron chi connectivity index (χ3n) is 3.06. The van der Waals surface area contributed by atoms with Crippen LogP contribution in [0.5, 0.6) is 0 Å². The van der Waals surface area contributed by atoms with Crippen molar-refractivity contribution in [2.75, 3.05) is 0 Å². The Balaban J connectivity index is 2.64. The lowest BCUT2D eigenvalue weighted by Gasteiger charge is -2.02. The predicted molar refractivity (Wildman–Crippen MR) is 94.3 cm³/mol. The molecule has 1 rings (SSSR count). The van der Waals surface area contributed by atoms with E-state index in [9.17, 15) is 18.5 Å². The van der Waals surface area contributed by atoms with Crippen LogP contribution in [0.2, 0.25) is 0 Å². The van der Waals surface area contributed by atoms with E-state index >= 15 is 0 Å². The summed E-state index contributed by atoms with van der Waals surface area (Å²) in [6.45, 7) is 6.01. The van der Waals surface area contributed by atoms with Crippen molar-refractivity contribution in [1.29, 1.82) is 0 Å². The first-order valence-electron chi connectivity index (χ1n) is 7.31. The van der Waals surface area contributed by atoms with Gasteiger partial charge in [0.1, 0.15) is 0 Å². The van der Waals surface area contributed by atoms with Crippen molar-refractivity contribution in [3.63, 3.8) is 0 Å². The summed E-state index contributed by atoms with van der Waals surface area (Å²) in [5.74, 6) is 0. The fraction of sp³-hybridized carbons (Fsp3) is 0.312. The number of hydrogen-bond acceptors (Lipinski definition) is 5. The predicted octanol–water partition coefficient (Wildman–Crippen LogP) is 3.55. The smallest absolute Gasteiger partial charge is 0.258 e. The molecule has 0 aliphatic heterocycles. The lowest BCUT2D eigenvalue weighted by atomic mass is 10.1. The Hall–Kier alpha value is -2.48. The zero-order chi connectivity index (χ0) is 18.2. The summed E-state index contributed by atoms with van der Waals surface area (Å²) in [6, 6.07) is 4.59. The first kappa shape index (κ1) is 19.6. The molecule has 0 aromatic heterocycles. The molecule has 0 unspecified atom stereocenters. The molecule has 0 aliphatic rings. The molecular formula is C16H21N3O4S. The number of non-ortho nitro benzene ring substituents is 1. The SMILES string of the molecule is CC(C)=CCC/C(C)=C/C=N/NS(=O)(=O)c1ccc([N+](=O)[O-])cc1. The third-order valence-corrected chi connectivity index (χ3v) is 4.29. The van der Waals surface area contributed by atoms with Gasteiger partial charge in [-0.1, -0.05) is 17.2 Å². The van der Waals surface area contributed by atoms with E-state index in [-0.39, 0.29) is 10.6 Å². The second-order valence-electron chi connectivity index (χ2n) is 5.46. The van der Waals surface area contributed by atoms with Gasteiger partial charge in [-0.25, -0.2) is 4.83 Å². The summed E-state index contributed by atoms with van der Waals surface area (Å²) in [4.78, 5) is 11.9. The molecule has 1 N–H and O–H groups in total. The standard InChI is InChI=1S/C16H21N3O4S/c1-13(2)5-4-6-14(3)11-12-17-18-24(22,23)16-9-7-15(8-10-16)19(20)21/h5,7-12,18H,4,6H2,1-3H3/b14-11+,17-12+. The number of nitrogens with one attached hydrogen (secondary N) is 1. The number of nitrogens with zero attached hydrogens (tertiary/aromatic N) is 2. The van der Waals surface area contributed by atoms with E-state index in [1.807, 2.05) is 20.8 Å². The van der Waals surface area contributed by atoms with E-state index in [4.69, 9.17) is 0 Å². The van der Waals surface area contributed by atoms with E-state index in [0.717, 1.165) is 42.7 Å². The Labute approximate surface area is 142 Å². The highest BCUT2D eigenvalue weighted by molar-refractivity contribution is 7.89. The largest absolute Gasteiger partial charge is 0.276 e. The molecule has 0 radical (unpaired) electrons. The lowest BCUT2D eigenvalue weighted by molar-refractivity contribution is -0.384. The van der Waals surface area contributed by atoms with Gasteiger partial charge < -0.3 is 0 Å². The minimum Gasteiger partial charge on any atom is -0.258 e. The molecule has 0 saturated carbocycles. The van der Waals surface area contributed by atoms with E-state index in [2.05, 4.69) is 16.0 Å². The Bertz CT molecular complexity index is 759. The third kappa shape index (κ3) is 6.74. The Kier molecular flexibility index (Phi) is 7.31. The molecule has 1 aromatic rings. The van der Waals surface area contributed by atoms with Crippen LogP contribution in [0.1, 0.15) is 33.6 Å². The van der Waals surface area contributed by atoms with Gasteiger partial charge in [-0.15, -0.1) is 0 Å². The Morgan fingerprint density at radius 3 is 2.42 bits per heavy atom. The van der Waals surface area contributed by atoms with Gasteiger partial charge in [0.15, 0.2) is 0 Å². The van der Waals surface area contributed by atoms with Crippen molar-refractivity contribution in [2.45, 2.75) is 38.5 Å². The molecule has 0 heterocycles. The molecule has 24 heavy (non-hydrogen) atoms. The fourth-order valence-corrected chi connectivity index (χ4v) is 2.54. The van der Waals surface area contributed by atoms with E-state index in [1.165, 1.54) is 11.8 Å². The van der Waals surface area contributed by atoms with Crippen molar-refractivity contribution >= 4 is 21.9 Å². The molecule has 0 fully saturated rings. The number of allylic oxidation sites excluding steroid dienone is 4. The molecule has 0 saturated heterocycles. The normalized spacial score (nSPS) is 12.2. The van der Waals surface area contributed by atoms with E-state index < -0.39 is 14.9 Å². The zero-order valence-electron chi connectivity index (χ0n) is 13.9. The molecule has 130 valence electrons. The van der Waals surface area contributed by atoms with Gasteiger partial charge in [0.25, 0.3) is 15.7 Å². The van der Waals surface area contributed by atoms with Crippen LogP contribution < -0.4 is 4.83 Å². The number of hydrazone groups is 1. The van der Waals surface area contributed by atoms with Gasteiger partial charge in [0, 0.05) is 18.3 Å². The number of sulfonamides is 1. The van der Waals surface area contributed by atoms with Crippen LogP contribution in [0.3, 0.4) is 0 Å².